The Morgan fingerprint density at radius 1 is 0.969 bits per heavy atom. The van der Waals surface area contributed by atoms with Crippen molar-refractivity contribution in [2.45, 2.75) is 12.5 Å². The molecule has 1 heterocycles. The van der Waals surface area contributed by atoms with Gasteiger partial charge in [0, 0.05) is 5.69 Å². The number of hydrogen-bond donors (Lipinski definition) is 3. The number of ether oxygens (including phenoxy) is 1. The van der Waals surface area contributed by atoms with Crippen LogP contribution in [-0.4, -0.2) is 30.0 Å². The van der Waals surface area contributed by atoms with E-state index in [1.807, 2.05) is 30.3 Å². The summed E-state index contributed by atoms with van der Waals surface area (Å²) in [7, 11) is 1.52. The van der Waals surface area contributed by atoms with Crippen LogP contribution in [0.2, 0.25) is 0 Å². The first-order chi connectivity index (χ1) is 15.4. The van der Waals surface area contributed by atoms with Crippen LogP contribution >= 0.6 is 0 Å². The zero-order valence-corrected chi connectivity index (χ0v) is 17.6. The van der Waals surface area contributed by atoms with Gasteiger partial charge in [-0.05, 0) is 48.9 Å². The fraction of sp³-hybridized carbons (Fsp3) is 0.125. The number of para-hydroxylation sites is 2. The van der Waals surface area contributed by atoms with Crippen LogP contribution in [0.1, 0.15) is 22.8 Å². The van der Waals surface area contributed by atoms with Gasteiger partial charge in [-0.25, -0.2) is 4.79 Å². The molecule has 1 fully saturated rings. The molecule has 4 amide bonds. The molecule has 3 aromatic rings. The predicted octanol–water partition coefficient (Wildman–Crippen LogP) is 3.55. The van der Waals surface area contributed by atoms with Gasteiger partial charge in [0.1, 0.15) is 11.3 Å². The van der Waals surface area contributed by atoms with Crippen LogP contribution < -0.4 is 20.8 Å². The summed E-state index contributed by atoms with van der Waals surface area (Å²) < 4.78 is 5.22. The summed E-state index contributed by atoms with van der Waals surface area (Å²) in [6, 6.07) is 22.3. The SMILES string of the molecule is COc1cccc(C2(C)NC(=O)N(NC(=O)c3ccccc3Nc3ccccc3)C2=O)c1. The second-order valence-electron chi connectivity index (χ2n) is 7.41. The fourth-order valence-electron chi connectivity index (χ4n) is 3.50. The number of amides is 4. The predicted molar refractivity (Wildman–Crippen MR) is 119 cm³/mol. The van der Waals surface area contributed by atoms with Gasteiger partial charge in [-0.15, -0.1) is 0 Å². The van der Waals surface area contributed by atoms with E-state index >= 15 is 0 Å². The Hall–Kier alpha value is -4.33. The summed E-state index contributed by atoms with van der Waals surface area (Å²) >= 11 is 0. The van der Waals surface area contributed by atoms with Crippen LogP contribution in [-0.2, 0) is 10.3 Å². The number of urea groups is 1. The van der Waals surface area contributed by atoms with E-state index in [0.29, 0.717) is 22.0 Å². The zero-order valence-electron chi connectivity index (χ0n) is 17.6. The van der Waals surface area contributed by atoms with Gasteiger partial charge in [0.25, 0.3) is 11.8 Å². The molecule has 8 heteroatoms. The number of hydrazine groups is 1. The second kappa shape index (κ2) is 8.43. The standard InChI is InChI=1S/C24H22N4O4/c1-24(16-9-8-12-18(15-16)32-2)22(30)28(23(31)26-24)27-21(29)19-13-6-7-14-20(19)25-17-10-4-3-5-11-17/h3-15,25H,1-2H3,(H,26,31)(H,27,29). The van der Waals surface area contributed by atoms with E-state index in [2.05, 4.69) is 16.1 Å². The molecule has 0 saturated carbocycles. The van der Waals surface area contributed by atoms with Crippen LogP contribution in [0.5, 0.6) is 5.75 Å². The third-order valence-electron chi connectivity index (χ3n) is 5.28. The molecule has 3 aromatic carbocycles. The van der Waals surface area contributed by atoms with E-state index in [-0.39, 0.29) is 5.56 Å². The molecule has 8 nitrogen and oxygen atoms in total. The Balaban J connectivity index is 1.57. The molecule has 3 N–H and O–H groups in total. The molecule has 1 aliphatic heterocycles. The molecule has 4 rings (SSSR count). The number of imide groups is 1. The lowest BCUT2D eigenvalue weighted by molar-refractivity contribution is -0.132. The molecule has 0 aromatic heterocycles. The molecule has 0 radical (unpaired) electrons. The summed E-state index contributed by atoms with van der Waals surface area (Å²) in [6.45, 7) is 1.58. The molecule has 1 unspecified atom stereocenters. The molecule has 1 atom stereocenters. The topological polar surface area (TPSA) is 99.8 Å². The number of nitrogens with zero attached hydrogens (tertiary/aromatic N) is 1. The minimum atomic E-state index is -1.35. The minimum Gasteiger partial charge on any atom is -0.497 e. The minimum absolute atomic E-state index is 0.284. The molecule has 0 aliphatic carbocycles. The van der Waals surface area contributed by atoms with Crippen LogP contribution in [0, 0.1) is 0 Å². The summed E-state index contributed by atoms with van der Waals surface area (Å²) in [6.07, 6.45) is 0. The molecule has 1 saturated heterocycles. The van der Waals surface area contributed by atoms with Crippen LogP contribution in [0.3, 0.4) is 0 Å². The van der Waals surface area contributed by atoms with Gasteiger partial charge in [0.05, 0.1) is 18.4 Å². The second-order valence-corrected chi connectivity index (χ2v) is 7.41. The first-order valence-electron chi connectivity index (χ1n) is 9.95. The fourth-order valence-corrected chi connectivity index (χ4v) is 3.50. The lowest BCUT2D eigenvalue weighted by Crippen LogP contribution is -2.48. The average Bonchev–Trinajstić information content (AvgIpc) is 3.04. The van der Waals surface area contributed by atoms with E-state index in [0.717, 1.165) is 5.69 Å². The summed E-state index contributed by atoms with van der Waals surface area (Å²) in [5.41, 5.74) is 3.25. The highest BCUT2D eigenvalue weighted by molar-refractivity contribution is 6.10. The maximum Gasteiger partial charge on any atom is 0.344 e. The van der Waals surface area contributed by atoms with E-state index in [1.54, 1.807) is 55.5 Å². The smallest absolute Gasteiger partial charge is 0.344 e. The van der Waals surface area contributed by atoms with Gasteiger partial charge in [-0.3, -0.25) is 15.0 Å². The highest BCUT2D eigenvalue weighted by Crippen LogP contribution is 2.30. The number of methoxy groups -OCH3 is 1. The van der Waals surface area contributed by atoms with E-state index in [4.69, 9.17) is 4.74 Å². The number of rotatable bonds is 6. The van der Waals surface area contributed by atoms with Crippen molar-refractivity contribution in [1.29, 1.82) is 0 Å². The van der Waals surface area contributed by atoms with Crippen LogP contribution in [0.15, 0.2) is 78.9 Å². The van der Waals surface area contributed by atoms with Gasteiger partial charge in [-0.1, -0.05) is 42.5 Å². The third-order valence-corrected chi connectivity index (χ3v) is 5.28. The van der Waals surface area contributed by atoms with Crippen molar-refractivity contribution in [3.63, 3.8) is 0 Å². The van der Waals surface area contributed by atoms with Gasteiger partial charge in [0.2, 0.25) is 0 Å². The normalized spacial score (nSPS) is 17.6. The number of carbonyl (C=O) groups is 3. The van der Waals surface area contributed by atoms with Gasteiger partial charge in [-0.2, -0.15) is 5.01 Å². The largest absolute Gasteiger partial charge is 0.497 e. The first kappa shape index (κ1) is 20.9. The summed E-state index contributed by atoms with van der Waals surface area (Å²) in [5, 5.41) is 6.55. The van der Waals surface area contributed by atoms with Crippen molar-refractivity contribution in [3.05, 3.63) is 90.0 Å². The third kappa shape index (κ3) is 3.85. The van der Waals surface area contributed by atoms with Gasteiger partial charge < -0.3 is 15.4 Å². The Bertz CT molecular complexity index is 1180. The van der Waals surface area contributed by atoms with Crippen molar-refractivity contribution >= 4 is 29.2 Å². The molecule has 162 valence electrons. The van der Waals surface area contributed by atoms with Gasteiger partial charge in [0.15, 0.2) is 0 Å². The van der Waals surface area contributed by atoms with Crippen molar-refractivity contribution in [1.82, 2.24) is 15.8 Å². The number of anilines is 2. The average molecular weight is 430 g/mol. The maximum absolute atomic E-state index is 13.2. The Labute approximate surface area is 185 Å². The number of hydrogen-bond acceptors (Lipinski definition) is 5. The molecule has 0 spiro atoms. The Morgan fingerprint density at radius 3 is 2.44 bits per heavy atom. The quantitative estimate of drug-likeness (QED) is 0.520. The lowest BCUT2D eigenvalue weighted by atomic mass is 9.92. The van der Waals surface area contributed by atoms with Gasteiger partial charge >= 0.3 is 6.03 Å². The molecule has 1 aliphatic rings. The van der Waals surface area contributed by atoms with Crippen molar-refractivity contribution in [2.24, 2.45) is 0 Å². The Morgan fingerprint density at radius 2 is 1.69 bits per heavy atom. The number of nitrogens with one attached hydrogen (secondary N) is 3. The van der Waals surface area contributed by atoms with E-state index < -0.39 is 23.4 Å². The van der Waals surface area contributed by atoms with Crippen LogP contribution in [0.4, 0.5) is 16.2 Å². The highest BCUT2D eigenvalue weighted by atomic mass is 16.5. The first-order valence-corrected chi connectivity index (χ1v) is 9.95. The number of benzene rings is 3. The molecule has 32 heavy (non-hydrogen) atoms. The highest BCUT2D eigenvalue weighted by Gasteiger charge is 2.50. The summed E-state index contributed by atoms with van der Waals surface area (Å²) in [5.74, 6) is -0.644. The molecule has 0 bridgehead atoms. The maximum atomic E-state index is 13.2. The monoisotopic (exact) mass is 430 g/mol. The van der Waals surface area contributed by atoms with Crippen molar-refractivity contribution in [3.8, 4) is 5.75 Å². The molecular formula is C24H22N4O4. The zero-order chi connectivity index (χ0) is 22.7. The van der Waals surface area contributed by atoms with Crippen molar-refractivity contribution in [2.75, 3.05) is 12.4 Å². The Kier molecular flexibility index (Phi) is 5.51. The molecular weight excluding hydrogens is 408 g/mol. The lowest BCUT2D eigenvalue weighted by Gasteiger charge is -2.22. The van der Waals surface area contributed by atoms with E-state index in [9.17, 15) is 14.4 Å². The van der Waals surface area contributed by atoms with Crippen LogP contribution in [0.25, 0.3) is 0 Å². The van der Waals surface area contributed by atoms with Crippen molar-refractivity contribution < 1.29 is 19.1 Å². The number of carbonyl (C=O) groups excluding carboxylic acids is 3. The van der Waals surface area contributed by atoms with E-state index in [1.165, 1.54) is 7.11 Å². The summed E-state index contributed by atoms with van der Waals surface area (Å²) in [4.78, 5) is 38.8.